The van der Waals surface area contributed by atoms with Crippen LogP contribution in [-0.4, -0.2) is 0 Å². The Morgan fingerprint density at radius 1 is 1.00 bits per heavy atom. The lowest BCUT2D eigenvalue weighted by Crippen LogP contribution is -1.72. The molecule has 0 heteroatoms. The predicted octanol–water partition coefficient (Wildman–Crippen LogP) is 3.58. The molecule has 0 heterocycles. The van der Waals surface area contributed by atoms with Gasteiger partial charge >= 0.3 is 0 Å². The Bertz CT molecular complexity index is 275. The molecule has 0 aromatic heterocycles. The van der Waals surface area contributed by atoms with Crippen molar-refractivity contribution in [3.8, 4) is 0 Å². The van der Waals surface area contributed by atoms with Gasteiger partial charge in [-0.15, -0.1) is 0 Å². The van der Waals surface area contributed by atoms with E-state index in [9.17, 15) is 0 Å². The van der Waals surface area contributed by atoms with Crippen LogP contribution < -0.4 is 0 Å². The third-order valence-corrected chi connectivity index (χ3v) is 1.67. The van der Waals surface area contributed by atoms with E-state index in [1.165, 1.54) is 11.1 Å². The van der Waals surface area contributed by atoms with Crippen molar-refractivity contribution in [2.45, 2.75) is 13.8 Å². The SMILES string of the molecule is C/C=C/C=C/c1ccc(C)cc1. The summed E-state index contributed by atoms with van der Waals surface area (Å²) >= 11 is 0. The van der Waals surface area contributed by atoms with E-state index in [2.05, 4.69) is 37.3 Å². The van der Waals surface area contributed by atoms with Crippen LogP contribution in [0.25, 0.3) is 6.08 Å². The van der Waals surface area contributed by atoms with E-state index >= 15 is 0 Å². The molecular formula is C12H14. The Kier molecular flexibility index (Phi) is 3.34. The van der Waals surface area contributed by atoms with Gasteiger partial charge in [0, 0.05) is 0 Å². The van der Waals surface area contributed by atoms with E-state index in [0.717, 1.165) is 0 Å². The highest BCUT2D eigenvalue weighted by molar-refractivity contribution is 5.51. The first-order valence-corrected chi connectivity index (χ1v) is 4.19. The number of benzene rings is 1. The minimum atomic E-state index is 1.25. The fraction of sp³-hybridized carbons (Fsp3) is 0.167. The van der Waals surface area contributed by atoms with Crippen LogP contribution in [0.3, 0.4) is 0 Å². The average molecular weight is 158 g/mol. The highest BCUT2D eigenvalue weighted by Gasteiger charge is 1.83. The summed E-state index contributed by atoms with van der Waals surface area (Å²) in [6.07, 6.45) is 8.19. The summed E-state index contributed by atoms with van der Waals surface area (Å²) in [6.45, 7) is 4.11. The van der Waals surface area contributed by atoms with Crippen molar-refractivity contribution in [3.63, 3.8) is 0 Å². The first-order valence-electron chi connectivity index (χ1n) is 4.19. The van der Waals surface area contributed by atoms with Crippen LogP contribution in [0.5, 0.6) is 0 Å². The molecule has 0 spiro atoms. The summed E-state index contributed by atoms with van der Waals surface area (Å²) in [5, 5.41) is 0. The van der Waals surface area contributed by atoms with Gasteiger partial charge in [0.1, 0.15) is 0 Å². The number of allylic oxidation sites excluding steroid dienone is 3. The highest BCUT2D eigenvalue weighted by Crippen LogP contribution is 2.04. The molecule has 1 rings (SSSR count). The van der Waals surface area contributed by atoms with Gasteiger partial charge in [0.2, 0.25) is 0 Å². The fourth-order valence-corrected chi connectivity index (χ4v) is 0.955. The lowest BCUT2D eigenvalue weighted by Gasteiger charge is -1.92. The topological polar surface area (TPSA) is 0 Å². The third kappa shape index (κ3) is 2.75. The molecule has 1 aromatic rings. The molecule has 12 heavy (non-hydrogen) atoms. The van der Waals surface area contributed by atoms with Crippen molar-refractivity contribution < 1.29 is 0 Å². The van der Waals surface area contributed by atoms with Gasteiger partial charge in [0.15, 0.2) is 0 Å². The molecule has 0 saturated heterocycles. The summed E-state index contributed by atoms with van der Waals surface area (Å²) in [7, 11) is 0. The van der Waals surface area contributed by atoms with Crippen molar-refractivity contribution in [1.82, 2.24) is 0 Å². The monoisotopic (exact) mass is 158 g/mol. The molecular weight excluding hydrogens is 144 g/mol. The summed E-state index contributed by atoms with van der Waals surface area (Å²) in [5.41, 5.74) is 2.55. The molecule has 0 aliphatic carbocycles. The molecule has 0 bridgehead atoms. The molecule has 0 aliphatic rings. The fourth-order valence-electron chi connectivity index (χ4n) is 0.955. The number of hydrogen-bond donors (Lipinski definition) is 0. The van der Waals surface area contributed by atoms with Crippen LogP contribution in [0, 0.1) is 6.92 Å². The van der Waals surface area contributed by atoms with Gasteiger partial charge in [-0.3, -0.25) is 0 Å². The number of aryl methyl sites for hydroxylation is 1. The highest BCUT2D eigenvalue weighted by atomic mass is 13.9. The summed E-state index contributed by atoms with van der Waals surface area (Å²) in [6, 6.07) is 8.48. The molecule has 0 fully saturated rings. The van der Waals surface area contributed by atoms with E-state index < -0.39 is 0 Å². The predicted molar refractivity (Wildman–Crippen MR) is 55.0 cm³/mol. The third-order valence-electron chi connectivity index (χ3n) is 1.67. The van der Waals surface area contributed by atoms with Crippen molar-refractivity contribution in [1.29, 1.82) is 0 Å². The Morgan fingerprint density at radius 3 is 2.25 bits per heavy atom. The van der Waals surface area contributed by atoms with Gasteiger partial charge < -0.3 is 0 Å². The van der Waals surface area contributed by atoms with Gasteiger partial charge in [-0.25, -0.2) is 0 Å². The smallest absolute Gasteiger partial charge is 0.0256 e. The normalized spacial score (nSPS) is 11.5. The second kappa shape index (κ2) is 4.55. The second-order valence-corrected chi connectivity index (χ2v) is 2.80. The van der Waals surface area contributed by atoms with Crippen molar-refractivity contribution in [2.75, 3.05) is 0 Å². The van der Waals surface area contributed by atoms with Crippen LogP contribution in [-0.2, 0) is 0 Å². The van der Waals surface area contributed by atoms with Crippen LogP contribution >= 0.6 is 0 Å². The molecule has 62 valence electrons. The average Bonchev–Trinajstić information content (AvgIpc) is 2.09. The molecule has 1 aromatic carbocycles. The van der Waals surface area contributed by atoms with Crippen LogP contribution in [0.4, 0.5) is 0 Å². The van der Waals surface area contributed by atoms with Gasteiger partial charge in [-0.2, -0.15) is 0 Å². The van der Waals surface area contributed by atoms with E-state index in [1.807, 2.05) is 25.2 Å². The van der Waals surface area contributed by atoms with Crippen molar-refractivity contribution in [2.24, 2.45) is 0 Å². The summed E-state index contributed by atoms with van der Waals surface area (Å²) < 4.78 is 0. The lowest BCUT2D eigenvalue weighted by molar-refractivity contribution is 1.46. The summed E-state index contributed by atoms with van der Waals surface area (Å²) in [4.78, 5) is 0. The Hall–Kier alpha value is -1.30. The molecule has 0 amide bonds. The molecule has 0 nitrogen and oxygen atoms in total. The van der Waals surface area contributed by atoms with E-state index in [-0.39, 0.29) is 0 Å². The van der Waals surface area contributed by atoms with Crippen molar-refractivity contribution in [3.05, 3.63) is 53.6 Å². The molecule has 0 radical (unpaired) electrons. The summed E-state index contributed by atoms with van der Waals surface area (Å²) in [5.74, 6) is 0. The zero-order chi connectivity index (χ0) is 8.81. The quantitative estimate of drug-likeness (QED) is 0.577. The lowest BCUT2D eigenvalue weighted by atomic mass is 10.1. The standard InChI is InChI=1S/C12H14/c1-3-4-5-6-12-9-7-11(2)8-10-12/h3-10H,1-2H3/b4-3+,6-5+. The number of hydrogen-bond acceptors (Lipinski definition) is 0. The Labute approximate surface area is 74.2 Å². The van der Waals surface area contributed by atoms with Crippen molar-refractivity contribution >= 4 is 6.08 Å². The first-order chi connectivity index (χ1) is 5.83. The maximum absolute atomic E-state index is 2.12. The Balaban J connectivity index is 2.70. The van der Waals surface area contributed by atoms with Gasteiger partial charge in [0.05, 0.1) is 0 Å². The number of rotatable bonds is 2. The largest absolute Gasteiger partial charge is 0.0877 e. The van der Waals surface area contributed by atoms with E-state index in [4.69, 9.17) is 0 Å². The molecule has 0 N–H and O–H groups in total. The Morgan fingerprint density at radius 2 is 1.67 bits per heavy atom. The van der Waals surface area contributed by atoms with E-state index in [1.54, 1.807) is 0 Å². The van der Waals surface area contributed by atoms with Crippen LogP contribution in [0.1, 0.15) is 18.1 Å². The molecule has 0 atom stereocenters. The van der Waals surface area contributed by atoms with Gasteiger partial charge in [0.25, 0.3) is 0 Å². The zero-order valence-corrected chi connectivity index (χ0v) is 7.62. The van der Waals surface area contributed by atoms with Gasteiger partial charge in [-0.05, 0) is 19.4 Å². The maximum Gasteiger partial charge on any atom is -0.0256 e. The van der Waals surface area contributed by atoms with Crippen LogP contribution in [0.2, 0.25) is 0 Å². The maximum atomic E-state index is 2.12. The molecule has 0 aliphatic heterocycles. The minimum absolute atomic E-state index is 1.25. The minimum Gasteiger partial charge on any atom is -0.0877 e. The first kappa shape index (κ1) is 8.79. The zero-order valence-electron chi connectivity index (χ0n) is 7.62. The molecule has 0 saturated carbocycles. The van der Waals surface area contributed by atoms with E-state index in [0.29, 0.717) is 0 Å². The molecule has 0 unspecified atom stereocenters. The second-order valence-electron chi connectivity index (χ2n) is 2.80. The van der Waals surface area contributed by atoms with Gasteiger partial charge in [-0.1, -0.05) is 54.1 Å². The van der Waals surface area contributed by atoms with Crippen LogP contribution in [0.15, 0.2) is 42.5 Å².